The number of halogens is 3. The van der Waals surface area contributed by atoms with Gasteiger partial charge in [-0.1, -0.05) is 18.2 Å². The lowest BCUT2D eigenvalue weighted by Gasteiger charge is -2.14. The van der Waals surface area contributed by atoms with Crippen molar-refractivity contribution < 1.29 is 27.8 Å². The molecular formula is C11H12F3NO3. The molecule has 4 nitrogen and oxygen atoms in total. The zero-order chi connectivity index (χ0) is 13.8. The van der Waals surface area contributed by atoms with Gasteiger partial charge in [0.15, 0.2) is 6.61 Å². The third-order valence-corrected chi connectivity index (χ3v) is 2.12. The Morgan fingerprint density at radius 1 is 1.39 bits per heavy atom. The second kappa shape index (κ2) is 5.72. The Morgan fingerprint density at radius 2 is 2.00 bits per heavy atom. The van der Waals surface area contributed by atoms with Crippen molar-refractivity contribution in [3.05, 3.63) is 29.8 Å². The van der Waals surface area contributed by atoms with Crippen molar-refractivity contribution in [3.63, 3.8) is 0 Å². The number of hydrogen-bond acceptors (Lipinski definition) is 3. The summed E-state index contributed by atoms with van der Waals surface area (Å²) in [6, 6.07) is 4.72. The van der Waals surface area contributed by atoms with Gasteiger partial charge in [0.05, 0.1) is 0 Å². The minimum absolute atomic E-state index is 0.00785. The zero-order valence-electron chi connectivity index (χ0n) is 9.28. The fourth-order valence-electron chi connectivity index (χ4n) is 1.30. The van der Waals surface area contributed by atoms with Crippen molar-refractivity contribution in [2.24, 2.45) is 5.73 Å². The summed E-state index contributed by atoms with van der Waals surface area (Å²) in [6.07, 6.45) is -4.54. The van der Waals surface area contributed by atoms with E-state index in [2.05, 4.69) is 4.74 Å². The van der Waals surface area contributed by atoms with Gasteiger partial charge in [-0.05, 0) is 11.6 Å². The van der Waals surface area contributed by atoms with Gasteiger partial charge >= 0.3 is 12.1 Å². The van der Waals surface area contributed by atoms with Crippen LogP contribution in [0.1, 0.15) is 5.56 Å². The highest BCUT2D eigenvalue weighted by Crippen LogP contribution is 2.22. The molecular weight excluding hydrogens is 251 g/mol. The van der Waals surface area contributed by atoms with Gasteiger partial charge in [-0.15, -0.1) is 0 Å². The molecule has 0 aliphatic carbocycles. The quantitative estimate of drug-likeness (QED) is 0.846. The summed E-state index contributed by atoms with van der Waals surface area (Å²) in [5.41, 5.74) is 5.65. The fraction of sp³-hybridized carbons (Fsp3) is 0.364. The molecule has 0 radical (unpaired) electrons. The average molecular weight is 263 g/mol. The lowest BCUT2D eigenvalue weighted by atomic mass is 10.1. The topological polar surface area (TPSA) is 72.5 Å². The average Bonchev–Trinajstić information content (AvgIpc) is 2.26. The van der Waals surface area contributed by atoms with E-state index in [0.29, 0.717) is 5.56 Å². The Hall–Kier alpha value is -1.76. The molecule has 1 rings (SSSR count). The van der Waals surface area contributed by atoms with Crippen LogP contribution >= 0.6 is 0 Å². The van der Waals surface area contributed by atoms with E-state index in [4.69, 9.17) is 10.8 Å². The molecule has 1 aromatic rings. The first-order valence-electron chi connectivity index (χ1n) is 5.05. The molecule has 0 spiro atoms. The number of benzene rings is 1. The zero-order valence-corrected chi connectivity index (χ0v) is 9.28. The van der Waals surface area contributed by atoms with Crippen molar-refractivity contribution in [1.82, 2.24) is 0 Å². The highest BCUT2D eigenvalue weighted by Gasteiger charge is 2.29. The number of aliphatic carboxylic acids is 1. The van der Waals surface area contributed by atoms with Gasteiger partial charge in [-0.25, -0.2) is 0 Å². The van der Waals surface area contributed by atoms with E-state index in [1.807, 2.05) is 0 Å². The van der Waals surface area contributed by atoms with Crippen LogP contribution in [0.25, 0.3) is 0 Å². The normalized spacial score (nSPS) is 13.1. The molecule has 1 atom stereocenters. The number of carboxylic acid groups (broad SMARTS) is 1. The summed E-state index contributed by atoms with van der Waals surface area (Å²) in [6.45, 7) is -1.42. The molecule has 0 aliphatic heterocycles. The molecule has 0 unspecified atom stereocenters. The largest absolute Gasteiger partial charge is 0.484 e. The molecule has 0 amide bonds. The predicted molar refractivity (Wildman–Crippen MR) is 57.3 cm³/mol. The number of alkyl halides is 3. The molecule has 1 aromatic carbocycles. The van der Waals surface area contributed by atoms with Crippen molar-refractivity contribution in [2.75, 3.05) is 6.61 Å². The van der Waals surface area contributed by atoms with E-state index in [9.17, 15) is 18.0 Å². The molecule has 0 aromatic heterocycles. The molecule has 0 heterocycles. The number of hydrogen-bond donors (Lipinski definition) is 2. The molecule has 0 aliphatic rings. The van der Waals surface area contributed by atoms with E-state index in [0.717, 1.165) is 0 Å². The van der Waals surface area contributed by atoms with Gasteiger partial charge in [0.2, 0.25) is 0 Å². The number of nitrogens with two attached hydrogens (primary N) is 1. The van der Waals surface area contributed by atoms with Gasteiger partial charge < -0.3 is 15.6 Å². The number of para-hydroxylation sites is 1. The SMILES string of the molecule is N[C@@H](Cc1ccccc1OCC(F)(F)F)C(=O)O. The molecule has 18 heavy (non-hydrogen) atoms. The molecule has 100 valence electrons. The van der Waals surface area contributed by atoms with E-state index in [1.54, 1.807) is 6.07 Å². The number of rotatable bonds is 5. The molecule has 0 saturated carbocycles. The first kappa shape index (κ1) is 14.3. The summed E-state index contributed by atoms with van der Waals surface area (Å²) in [4.78, 5) is 10.6. The van der Waals surface area contributed by atoms with E-state index in [1.165, 1.54) is 18.2 Å². The predicted octanol–water partition coefficient (Wildman–Crippen LogP) is 1.58. The first-order valence-corrected chi connectivity index (χ1v) is 5.05. The van der Waals surface area contributed by atoms with Crippen LogP contribution in [-0.4, -0.2) is 29.9 Å². The second-order valence-electron chi connectivity index (χ2n) is 3.66. The summed E-state index contributed by atoms with van der Waals surface area (Å²) in [5.74, 6) is -1.23. The molecule has 0 fully saturated rings. The van der Waals surface area contributed by atoms with Crippen LogP contribution in [0.2, 0.25) is 0 Å². The Morgan fingerprint density at radius 3 is 2.56 bits per heavy atom. The Labute approximate surface area is 101 Å². The molecule has 3 N–H and O–H groups in total. The van der Waals surface area contributed by atoms with E-state index < -0.39 is 24.8 Å². The van der Waals surface area contributed by atoms with E-state index >= 15 is 0 Å². The van der Waals surface area contributed by atoms with Crippen LogP contribution in [0, 0.1) is 0 Å². The van der Waals surface area contributed by atoms with Crippen molar-refractivity contribution in [1.29, 1.82) is 0 Å². The maximum atomic E-state index is 12.0. The van der Waals surface area contributed by atoms with Gasteiger partial charge in [0.1, 0.15) is 11.8 Å². The van der Waals surface area contributed by atoms with E-state index in [-0.39, 0.29) is 12.2 Å². The van der Waals surface area contributed by atoms with Gasteiger partial charge in [-0.2, -0.15) is 13.2 Å². The van der Waals surface area contributed by atoms with Gasteiger partial charge in [0, 0.05) is 6.42 Å². The summed E-state index contributed by atoms with van der Waals surface area (Å²) in [5, 5.41) is 8.65. The van der Waals surface area contributed by atoms with Crippen LogP contribution in [-0.2, 0) is 11.2 Å². The third kappa shape index (κ3) is 4.62. The Kier molecular flexibility index (Phi) is 4.55. The van der Waals surface area contributed by atoms with Crippen LogP contribution in [0.15, 0.2) is 24.3 Å². The molecule has 0 saturated heterocycles. The van der Waals surface area contributed by atoms with Crippen LogP contribution in [0.3, 0.4) is 0 Å². The molecule has 0 bridgehead atoms. The Bertz CT molecular complexity index is 420. The maximum Gasteiger partial charge on any atom is 0.422 e. The maximum absolute atomic E-state index is 12.0. The summed E-state index contributed by atoms with van der Waals surface area (Å²) < 4.78 is 40.7. The summed E-state index contributed by atoms with van der Waals surface area (Å²) >= 11 is 0. The highest BCUT2D eigenvalue weighted by molar-refractivity contribution is 5.73. The lowest BCUT2D eigenvalue weighted by molar-refractivity contribution is -0.153. The Balaban J connectivity index is 2.76. The monoisotopic (exact) mass is 263 g/mol. The van der Waals surface area contributed by atoms with Gasteiger partial charge in [0.25, 0.3) is 0 Å². The number of carbonyl (C=O) groups is 1. The highest BCUT2D eigenvalue weighted by atomic mass is 19.4. The third-order valence-electron chi connectivity index (χ3n) is 2.12. The smallest absolute Gasteiger partial charge is 0.422 e. The van der Waals surface area contributed by atoms with Crippen molar-refractivity contribution in [3.8, 4) is 5.75 Å². The fourth-order valence-corrected chi connectivity index (χ4v) is 1.30. The summed E-state index contributed by atoms with van der Waals surface area (Å²) in [7, 11) is 0. The standard InChI is InChI=1S/C11H12F3NO3/c12-11(13,14)6-18-9-4-2-1-3-7(9)5-8(15)10(16)17/h1-4,8H,5-6,15H2,(H,16,17)/t8-/m0/s1. The van der Waals surface area contributed by atoms with Crippen LogP contribution < -0.4 is 10.5 Å². The van der Waals surface area contributed by atoms with Crippen molar-refractivity contribution in [2.45, 2.75) is 18.6 Å². The minimum atomic E-state index is -4.44. The lowest BCUT2D eigenvalue weighted by Crippen LogP contribution is -2.32. The van der Waals surface area contributed by atoms with Crippen LogP contribution in [0.5, 0.6) is 5.75 Å². The number of ether oxygens (including phenoxy) is 1. The number of carboxylic acids is 1. The molecule has 7 heteroatoms. The van der Waals surface area contributed by atoms with Crippen LogP contribution in [0.4, 0.5) is 13.2 Å². The second-order valence-corrected chi connectivity index (χ2v) is 3.66. The minimum Gasteiger partial charge on any atom is -0.484 e. The van der Waals surface area contributed by atoms with Gasteiger partial charge in [-0.3, -0.25) is 4.79 Å². The van der Waals surface area contributed by atoms with Crippen molar-refractivity contribution >= 4 is 5.97 Å². The first-order chi connectivity index (χ1) is 8.29.